The van der Waals surface area contributed by atoms with Crippen LogP contribution >= 0.6 is 0 Å². The predicted octanol–water partition coefficient (Wildman–Crippen LogP) is 5.55. The van der Waals surface area contributed by atoms with Crippen molar-refractivity contribution in [1.29, 1.82) is 0 Å². The van der Waals surface area contributed by atoms with Crippen LogP contribution in [-0.2, 0) is 4.74 Å². The normalized spacial score (nSPS) is 14.4. The van der Waals surface area contributed by atoms with Crippen molar-refractivity contribution in [2.45, 2.75) is 38.6 Å². The van der Waals surface area contributed by atoms with Gasteiger partial charge in [0.2, 0.25) is 0 Å². The van der Waals surface area contributed by atoms with Gasteiger partial charge >= 0.3 is 6.01 Å². The van der Waals surface area contributed by atoms with Crippen LogP contribution in [0.25, 0.3) is 10.9 Å². The fourth-order valence-electron chi connectivity index (χ4n) is 4.34. The van der Waals surface area contributed by atoms with Gasteiger partial charge in [0, 0.05) is 36.8 Å². The number of ether oxygens (including phenoxy) is 2. The average molecular weight is 457 g/mol. The molecule has 0 aliphatic carbocycles. The highest BCUT2D eigenvalue weighted by molar-refractivity contribution is 5.76. The summed E-state index contributed by atoms with van der Waals surface area (Å²) < 4.78 is 11.5. The SMILES string of the molecule is CC(C)c1ccc(N(c2ccc(Oc3nc4cnccc4c(=O)[nH]3)cc2)C2CCOCC2)cc1. The van der Waals surface area contributed by atoms with Gasteiger partial charge in [0.1, 0.15) is 5.75 Å². The predicted molar refractivity (Wildman–Crippen MR) is 133 cm³/mol. The van der Waals surface area contributed by atoms with Gasteiger partial charge in [-0.15, -0.1) is 0 Å². The van der Waals surface area contributed by atoms with Crippen molar-refractivity contribution in [3.8, 4) is 11.8 Å². The summed E-state index contributed by atoms with van der Waals surface area (Å²) in [7, 11) is 0. The van der Waals surface area contributed by atoms with Crippen LogP contribution in [-0.4, -0.2) is 34.2 Å². The highest BCUT2D eigenvalue weighted by Crippen LogP contribution is 2.34. The first-order valence-corrected chi connectivity index (χ1v) is 11.7. The van der Waals surface area contributed by atoms with Crippen molar-refractivity contribution < 1.29 is 9.47 Å². The van der Waals surface area contributed by atoms with Crippen molar-refractivity contribution in [2.24, 2.45) is 0 Å². The fraction of sp³-hybridized carbons (Fsp3) is 0.296. The number of nitrogens with zero attached hydrogens (tertiary/aromatic N) is 3. The summed E-state index contributed by atoms with van der Waals surface area (Å²) in [5.41, 5.74) is 3.81. The topological polar surface area (TPSA) is 80.3 Å². The standard InChI is InChI=1S/C27H28N4O3/c1-18(2)19-3-5-20(6-4-19)31(22-12-15-33-16-13-22)21-7-9-23(10-8-21)34-27-29-25-17-28-14-11-24(25)26(32)30-27/h3-11,14,17-18,22H,12-13,15-16H2,1-2H3,(H,29,30,32). The number of H-pyrrole nitrogens is 1. The number of fused-ring (bicyclic) bond motifs is 1. The summed E-state index contributed by atoms with van der Waals surface area (Å²) >= 11 is 0. The van der Waals surface area contributed by atoms with Crippen molar-refractivity contribution in [2.75, 3.05) is 18.1 Å². The molecule has 2 aromatic heterocycles. The Morgan fingerprint density at radius 2 is 1.68 bits per heavy atom. The Balaban J connectivity index is 1.42. The summed E-state index contributed by atoms with van der Waals surface area (Å²) in [6.45, 7) is 5.95. The van der Waals surface area contributed by atoms with E-state index in [1.165, 1.54) is 5.56 Å². The van der Waals surface area contributed by atoms with E-state index in [9.17, 15) is 4.79 Å². The van der Waals surface area contributed by atoms with E-state index in [0.717, 1.165) is 37.4 Å². The zero-order chi connectivity index (χ0) is 23.5. The Morgan fingerprint density at radius 3 is 2.35 bits per heavy atom. The van der Waals surface area contributed by atoms with E-state index in [-0.39, 0.29) is 11.6 Å². The molecule has 4 aromatic rings. The summed E-state index contributed by atoms with van der Waals surface area (Å²) in [5.74, 6) is 1.09. The molecule has 0 bridgehead atoms. The Morgan fingerprint density at radius 1 is 1.00 bits per heavy atom. The Bertz CT molecular complexity index is 1310. The minimum absolute atomic E-state index is 0.142. The lowest BCUT2D eigenvalue weighted by Crippen LogP contribution is -2.36. The number of aromatic nitrogens is 3. The quantitative estimate of drug-likeness (QED) is 0.410. The van der Waals surface area contributed by atoms with E-state index in [1.807, 2.05) is 24.3 Å². The maximum absolute atomic E-state index is 12.3. The monoisotopic (exact) mass is 456 g/mol. The lowest BCUT2D eigenvalue weighted by molar-refractivity contribution is 0.0865. The second-order valence-corrected chi connectivity index (χ2v) is 8.82. The van der Waals surface area contributed by atoms with Crippen molar-refractivity contribution in [1.82, 2.24) is 15.0 Å². The largest absolute Gasteiger partial charge is 0.426 e. The van der Waals surface area contributed by atoms with Gasteiger partial charge in [0.15, 0.2) is 0 Å². The maximum atomic E-state index is 12.3. The van der Waals surface area contributed by atoms with E-state index in [0.29, 0.717) is 28.6 Å². The number of benzene rings is 2. The summed E-state index contributed by atoms with van der Waals surface area (Å²) in [5, 5.41) is 0.480. The Labute approximate surface area is 198 Å². The third-order valence-electron chi connectivity index (χ3n) is 6.21. The second kappa shape index (κ2) is 9.65. The van der Waals surface area contributed by atoms with Crippen LogP contribution in [0, 0.1) is 0 Å². The molecule has 1 N–H and O–H groups in total. The lowest BCUT2D eigenvalue weighted by atomic mass is 10.0. The molecule has 0 radical (unpaired) electrons. The van der Waals surface area contributed by atoms with Crippen LogP contribution in [0.5, 0.6) is 11.8 Å². The van der Waals surface area contributed by atoms with Gasteiger partial charge in [0.25, 0.3) is 5.56 Å². The van der Waals surface area contributed by atoms with Gasteiger partial charge in [-0.25, -0.2) is 0 Å². The van der Waals surface area contributed by atoms with Crippen LogP contribution in [0.15, 0.2) is 71.8 Å². The number of anilines is 2. The molecule has 1 aliphatic rings. The van der Waals surface area contributed by atoms with Gasteiger partial charge in [-0.05, 0) is 66.8 Å². The second-order valence-electron chi connectivity index (χ2n) is 8.82. The number of rotatable bonds is 6. The molecule has 3 heterocycles. The first-order valence-electron chi connectivity index (χ1n) is 11.7. The number of hydrogen-bond donors (Lipinski definition) is 1. The molecule has 1 aliphatic heterocycles. The molecule has 5 rings (SSSR count). The summed E-state index contributed by atoms with van der Waals surface area (Å²) in [4.78, 5) is 25.8. The first-order chi connectivity index (χ1) is 16.6. The molecule has 0 unspecified atom stereocenters. The smallest absolute Gasteiger partial charge is 0.302 e. The van der Waals surface area contributed by atoms with Crippen LogP contribution in [0.1, 0.15) is 38.2 Å². The van der Waals surface area contributed by atoms with E-state index in [1.54, 1.807) is 18.5 Å². The third kappa shape index (κ3) is 4.65. The van der Waals surface area contributed by atoms with Gasteiger partial charge < -0.3 is 14.4 Å². The molecule has 1 saturated heterocycles. The van der Waals surface area contributed by atoms with E-state index in [2.05, 4.69) is 58.0 Å². The lowest BCUT2D eigenvalue weighted by Gasteiger charge is -2.36. The van der Waals surface area contributed by atoms with E-state index >= 15 is 0 Å². The van der Waals surface area contributed by atoms with Gasteiger partial charge in [-0.2, -0.15) is 4.98 Å². The average Bonchev–Trinajstić information content (AvgIpc) is 2.86. The number of nitrogens with one attached hydrogen (secondary N) is 1. The number of pyridine rings is 1. The summed E-state index contributed by atoms with van der Waals surface area (Å²) in [6, 6.07) is 18.8. The van der Waals surface area contributed by atoms with E-state index < -0.39 is 0 Å². The third-order valence-corrected chi connectivity index (χ3v) is 6.21. The molecular weight excluding hydrogens is 428 g/mol. The highest BCUT2D eigenvalue weighted by atomic mass is 16.5. The molecule has 1 fully saturated rings. The Hall–Kier alpha value is -3.71. The maximum Gasteiger partial charge on any atom is 0.302 e. The minimum Gasteiger partial charge on any atom is -0.426 e. The fourth-order valence-corrected chi connectivity index (χ4v) is 4.34. The van der Waals surface area contributed by atoms with Crippen molar-refractivity contribution >= 4 is 22.3 Å². The highest BCUT2D eigenvalue weighted by Gasteiger charge is 2.23. The van der Waals surface area contributed by atoms with Crippen molar-refractivity contribution in [3.05, 3.63) is 82.9 Å². The number of hydrogen-bond acceptors (Lipinski definition) is 6. The van der Waals surface area contributed by atoms with Crippen LogP contribution in [0.2, 0.25) is 0 Å². The van der Waals surface area contributed by atoms with Gasteiger partial charge in [-0.3, -0.25) is 14.8 Å². The molecule has 174 valence electrons. The molecule has 0 saturated carbocycles. The van der Waals surface area contributed by atoms with Gasteiger partial charge in [0.05, 0.1) is 17.1 Å². The molecule has 2 aromatic carbocycles. The van der Waals surface area contributed by atoms with Crippen LogP contribution < -0.4 is 15.2 Å². The molecule has 0 amide bonds. The molecule has 0 spiro atoms. The Kier molecular flexibility index (Phi) is 6.27. The molecule has 0 atom stereocenters. The van der Waals surface area contributed by atoms with Crippen LogP contribution in [0.4, 0.5) is 11.4 Å². The minimum atomic E-state index is -0.255. The first kappa shape index (κ1) is 22.1. The zero-order valence-electron chi connectivity index (χ0n) is 19.4. The number of aromatic amines is 1. The molecule has 7 nitrogen and oxygen atoms in total. The van der Waals surface area contributed by atoms with E-state index in [4.69, 9.17) is 9.47 Å². The molecular formula is C27H28N4O3. The zero-order valence-corrected chi connectivity index (χ0v) is 19.4. The molecule has 34 heavy (non-hydrogen) atoms. The summed E-state index contributed by atoms with van der Waals surface area (Å²) in [6.07, 6.45) is 5.07. The van der Waals surface area contributed by atoms with Crippen LogP contribution in [0.3, 0.4) is 0 Å². The van der Waals surface area contributed by atoms with Crippen molar-refractivity contribution in [3.63, 3.8) is 0 Å². The van der Waals surface area contributed by atoms with Gasteiger partial charge in [-0.1, -0.05) is 26.0 Å². The molecule has 7 heteroatoms.